The quantitative estimate of drug-likeness (QED) is 0.762. The predicted octanol–water partition coefficient (Wildman–Crippen LogP) is 3.03. The van der Waals surface area contributed by atoms with Crippen molar-refractivity contribution in [3.05, 3.63) is 35.7 Å². The number of thiazole rings is 1. The Labute approximate surface area is 142 Å². The van der Waals surface area contributed by atoms with E-state index in [4.69, 9.17) is 0 Å². The zero-order valence-corrected chi connectivity index (χ0v) is 14.4. The van der Waals surface area contributed by atoms with Gasteiger partial charge in [-0.15, -0.1) is 0 Å². The van der Waals surface area contributed by atoms with E-state index < -0.39 is 0 Å². The van der Waals surface area contributed by atoms with E-state index in [2.05, 4.69) is 20.7 Å². The highest BCUT2D eigenvalue weighted by Gasteiger charge is 2.15. The van der Waals surface area contributed by atoms with Crippen molar-refractivity contribution in [2.45, 2.75) is 27.3 Å². The lowest BCUT2D eigenvalue weighted by molar-refractivity contribution is -0.114. The van der Waals surface area contributed by atoms with Crippen molar-refractivity contribution in [3.63, 3.8) is 0 Å². The first-order valence-electron chi connectivity index (χ1n) is 7.50. The van der Waals surface area contributed by atoms with Crippen molar-refractivity contribution >= 4 is 44.2 Å². The molecular weight excluding hydrogens is 326 g/mol. The second kappa shape index (κ2) is 6.40. The van der Waals surface area contributed by atoms with Crippen molar-refractivity contribution in [2.75, 3.05) is 10.6 Å². The maximum Gasteiger partial charge on any atom is 0.275 e. The number of aryl methyl sites for hydroxylation is 2. The summed E-state index contributed by atoms with van der Waals surface area (Å²) in [6, 6.07) is 7.18. The molecule has 1 aromatic carbocycles. The molecule has 2 heterocycles. The molecule has 0 spiro atoms. The number of rotatable bonds is 4. The lowest BCUT2D eigenvalue weighted by Crippen LogP contribution is -2.17. The van der Waals surface area contributed by atoms with Crippen molar-refractivity contribution in [1.29, 1.82) is 0 Å². The molecule has 0 aliphatic heterocycles. The van der Waals surface area contributed by atoms with Crippen LogP contribution >= 0.6 is 11.3 Å². The normalized spacial score (nSPS) is 10.8. The second-order valence-corrected chi connectivity index (χ2v) is 6.35. The van der Waals surface area contributed by atoms with Gasteiger partial charge in [0.2, 0.25) is 5.91 Å². The fourth-order valence-corrected chi connectivity index (χ4v) is 3.29. The van der Waals surface area contributed by atoms with Crippen molar-refractivity contribution in [2.24, 2.45) is 0 Å². The van der Waals surface area contributed by atoms with Crippen LogP contribution in [0, 0.1) is 6.92 Å². The van der Waals surface area contributed by atoms with Gasteiger partial charge < -0.3 is 5.32 Å². The average Bonchev–Trinajstić information content (AvgIpc) is 3.08. The molecule has 2 amide bonds. The molecule has 2 N–H and O–H groups in total. The maximum atomic E-state index is 12.4. The Morgan fingerprint density at radius 1 is 1.25 bits per heavy atom. The molecule has 0 aliphatic rings. The van der Waals surface area contributed by atoms with Crippen LogP contribution in [0.15, 0.2) is 24.3 Å². The zero-order valence-electron chi connectivity index (χ0n) is 13.6. The van der Waals surface area contributed by atoms with Gasteiger partial charge in [0.05, 0.1) is 15.9 Å². The van der Waals surface area contributed by atoms with Gasteiger partial charge in [-0.3, -0.25) is 19.6 Å². The molecule has 3 rings (SSSR count). The molecule has 3 aromatic rings. The number of nitrogens with one attached hydrogen (secondary N) is 2. The van der Waals surface area contributed by atoms with E-state index in [9.17, 15) is 9.59 Å². The molecule has 24 heavy (non-hydrogen) atoms. The van der Waals surface area contributed by atoms with Gasteiger partial charge in [-0.25, -0.2) is 4.98 Å². The van der Waals surface area contributed by atoms with Gasteiger partial charge in [0, 0.05) is 19.2 Å². The molecule has 0 fully saturated rings. The third-order valence-electron chi connectivity index (χ3n) is 3.36. The van der Waals surface area contributed by atoms with Crippen LogP contribution in [0.4, 0.5) is 10.8 Å². The number of carbonyl (C=O) groups excluding carboxylic acids is 2. The summed E-state index contributed by atoms with van der Waals surface area (Å²) < 4.78 is 2.55. The predicted molar refractivity (Wildman–Crippen MR) is 94.5 cm³/mol. The first-order chi connectivity index (χ1) is 11.5. The van der Waals surface area contributed by atoms with E-state index in [1.54, 1.807) is 16.8 Å². The van der Waals surface area contributed by atoms with Gasteiger partial charge in [0.1, 0.15) is 5.69 Å². The average molecular weight is 343 g/mol. The number of carbonyl (C=O) groups is 2. The molecule has 0 unspecified atom stereocenters. The summed E-state index contributed by atoms with van der Waals surface area (Å²) in [5.74, 6) is -0.367. The van der Waals surface area contributed by atoms with Crippen LogP contribution in [0.25, 0.3) is 10.2 Å². The van der Waals surface area contributed by atoms with Crippen molar-refractivity contribution < 1.29 is 9.59 Å². The molecule has 0 saturated heterocycles. The van der Waals surface area contributed by atoms with Gasteiger partial charge in [0.25, 0.3) is 5.91 Å². The highest BCUT2D eigenvalue weighted by molar-refractivity contribution is 7.22. The molecule has 0 radical (unpaired) electrons. The standard InChI is InChI=1S/C16H17N5O2S/c1-4-21-13(7-9(2)20-21)15(23)19-16-18-12-6-5-11(17-10(3)22)8-14(12)24-16/h5-8H,4H2,1-3H3,(H,17,22)(H,18,19,23). The van der Waals surface area contributed by atoms with Crippen LogP contribution in [0.2, 0.25) is 0 Å². The molecular formula is C16H17N5O2S. The highest BCUT2D eigenvalue weighted by Crippen LogP contribution is 2.28. The van der Waals surface area contributed by atoms with Gasteiger partial charge in [-0.1, -0.05) is 11.3 Å². The monoisotopic (exact) mass is 343 g/mol. The number of benzene rings is 1. The van der Waals surface area contributed by atoms with Crippen LogP contribution in [0.1, 0.15) is 30.0 Å². The van der Waals surface area contributed by atoms with Crippen molar-refractivity contribution in [3.8, 4) is 0 Å². The van der Waals surface area contributed by atoms with Gasteiger partial charge in [-0.05, 0) is 38.1 Å². The molecule has 0 bridgehead atoms. The topological polar surface area (TPSA) is 88.9 Å². The van der Waals surface area contributed by atoms with Gasteiger partial charge in [0.15, 0.2) is 5.13 Å². The van der Waals surface area contributed by atoms with E-state index in [1.807, 2.05) is 26.0 Å². The summed E-state index contributed by atoms with van der Waals surface area (Å²) in [5.41, 5.74) is 2.78. The number of amides is 2. The Balaban J connectivity index is 1.84. The Morgan fingerprint density at radius 3 is 2.75 bits per heavy atom. The fraction of sp³-hybridized carbons (Fsp3) is 0.250. The van der Waals surface area contributed by atoms with E-state index in [-0.39, 0.29) is 11.8 Å². The summed E-state index contributed by atoms with van der Waals surface area (Å²) in [7, 11) is 0. The van der Waals surface area contributed by atoms with Gasteiger partial charge >= 0.3 is 0 Å². The third-order valence-corrected chi connectivity index (χ3v) is 4.30. The number of hydrogen-bond donors (Lipinski definition) is 2. The van der Waals surface area contributed by atoms with Crippen LogP contribution in [-0.2, 0) is 11.3 Å². The Hall–Kier alpha value is -2.74. The number of anilines is 2. The van der Waals surface area contributed by atoms with Gasteiger partial charge in [-0.2, -0.15) is 5.10 Å². The number of aromatic nitrogens is 3. The Bertz CT molecular complexity index is 928. The molecule has 8 heteroatoms. The Morgan fingerprint density at radius 2 is 2.04 bits per heavy atom. The van der Waals surface area contributed by atoms with Crippen LogP contribution < -0.4 is 10.6 Å². The van der Waals surface area contributed by atoms with E-state index in [1.165, 1.54) is 18.3 Å². The van der Waals surface area contributed by atoms with E-state index in [0.717, 1.165) is 15.9 Å². The third kappa shape index (κ3) is 3.28. The Kier molecular flexibility index (Phi) is 4.30. The summed E-state index contributed by atoms with van der Waals surface area (Å²) in [6.07, 6.45) is 0. The lowest BCUT2D eigenvalue weighted by Gasteiger charge is -2.03. The highest BCUT2D eigenvalue weighted by atomic mass is 32.1. The number of hydrogen-bond acceptors (Lipinski definition) is 5. The molecule has 124 valence electrons. The lowest BCUT2D eigenvalue weighted by atomic mass is 10.3. The minimum atomic E-state index is -0.237. The second-order valence-electron chi connectivity index (χ2n) is 5.32. The minimum Gasteiger partial charge on any atom is -0.326 e. The molecule has 0 saturated carbocycles. The first kappa shape index (κ1) is 16.1. The summed E-state index contributed by atoms with van der Waals surface area (Å²) in [5, 5.41) is 10.3. The zero-order chi connectivity index (χ0) is 17.3. The molecule has 2 aromatic heterocycles. The minimum absolute atomic E-state index is 0.129. The molecule has 0 aliphatic carbocycles. The molecule has 0 atom stereocenters. The van der Waals surface area contributed by atoms with Crippen LogP contribution in [0.3, 0.4) is 0 Å². The maximum absolute atomic E-state index is 12.4. The van der Waals surface area contributed by atoms with E-state index in [0.29, 0.717) is 23.1 Å². The van der Waals surface area contributed by atoms with Crippen molar-refractivity contribution in [1.82, 2.24) is 14.8 Å². The number of fused-ring (bicyclic) bond motifs is 1. The number of nitrogens with zero attached hydrogens (tertiary/aromatic N) is 3. The van der Waals surface area contributed by atoms with Crippen LogP contribution in [0.5, 0.6) is 0 Å². The smallest absolute Gasteiger partial charge is 0.275 e. The summed E-state index contributed by atoms with van der Waals surface area (Å²) in [6.45, 7) is 5.87. The summed E-state index contributed by atoms with van der Waals surface area (Å²) >= 11 is 1.36. The SMILES string of the molecule is CCn1nc(C)cc1C(=O)Nc1nc2ccc(NC(C)=O)cc2s1. The molecule has 7 nitrogen and oxygen atoms in total. The largest absolute Gasteiger partial charge is 0.326 e. The summed E-state index contributed by atoms with van der Waals surface area (Å²) in [4.78, 5) is 28.0. The fourth-order valence-electron chi connectivity index (χ4n) is 2.39. The van der Waals surface area contributed by atoms with Crippen LogP contribution in [-0.4, -0.2) is 26.6 Å². The van der Waals surface area contributed by atoms with E-state index >= 15 is 0 Å². The first-order valence-corrected chi connectivity index (χ1v) is 8.32.